The van der Waals surface area contributed by atoms with Crippen LogP contribution in [0.2, 0.25) is 0 Å². The van der Waals surface area contributed by atoms with Crippen LogP contribution < -0.4 is 16.3 Å². The third kappa shape index (κ3) is 4.47. The van der Waals surface area contributed by atoms with E-state index < -0.39 is 11.6 Å². The average Bonchev–Trinajstić information content (AvgIpc) is 3.50. The van der Waals surface area contributed by atoms with Crippen LogP contribution in [0.1, 0.15) is 23.2 Å². The van der Waals surface area contributed by atoms with E-state index in [-0.39, 0.29) is 18.6 Å². The van der Waals surface area contributed by atoms with E-state index in [0.717, 1.165) is 22.2 Å². The molecule has 0 radical (unpaired) electrons. The number of tetrazole rings is 1. The molecule has 0 bridgehead atoms. The van der Waals surface area contributed by atoms with Crippen molar-refractivity contribution in [1.82, 2.24) is 25.1 Å². The van der Waals surface area contributed by atoms with E-state index in [9.17, 15) is 14.4 Å². The molecule has 2 amide bonds. The third-order valence-electron chi connectivity index (χ3n) is 4.61. The van der Waals surface area contributed by atoms with Gasteiger partial charge in [-0.1, -0.05) is 12.1 Å². The van der Waals surface area contributed by atoms with Crippen LogP contribution in [0.5, 0.6) is 0 Å². The molecule has 2 N–H and O–H groups in total. The van der Waals surface area contributed by atoms with Crippen molar-refractivity contribution in [2.24, 2.45) is 0 Å². The van der Waals surface area contributed by atoms with Crippen LogP contribution in [0.25, 0.3) is 5.00 Å². The quantitative estimate of drug-likeness (QED) is 0.580. The molecule has 3 heterocycles. The van der Waals surface area contributed by atoms with Crippen molar-refractivity contribution in [2.75, 3.05) is 18.5 Å². The van der Waals surface area contributed by atoms with Gasteiger partial charge in [-0.2, -0.15) is 9.36 Å². The summed E-state index contributed by atoms with van der Waals surface area (Å²) in [7, 11) is 0. The number of nitrogens with one attached hydrogen (secondary N) is 2. The Labute approximate surface area is 175 Å². The molecule has 4 rings (SSSR count). The number of nitrogens with zero attached hydrogens (tertiary/aromatic N) is 4. The topological polar surface area (TPSA) is 120 Å². The maximum atomic E-state index is 12.6. The van der Waals surface area contributed by atoms with Gasteiger partial charge in [0.15, 0.2) is 0 Å². The minimum atomic E-state index is -0.518. The minimum absolute atomic E-state index is 0.0218. The summed E-state index contributed by atoms with van der Waals surface area (Å²) in [6, 6.07) is 10.2. The summed E-state index contributed by atoms with van der Waals surface area (Å²) >= 11 is 1.34. The third-order valence-corrected chi connectivity index (χ3v) is 5.45. The van der Waals surface area contributed by atoms with Crippen LogP contribution in [0.15, 0.2) is 46.6 Å². The van der Waals surface area contributed by atoms with E-state index in [4.69, 9.17) is 4.74 Å². The van der Waals surface area contributed by atoms with Crippen LogP contribution in [0, 0.1) is 0 Å². The molecule has 1 aliphatic heterocycles. The molecule has 10 nitrogen and oxygen atoms in total. The first-order valence-electron chi connectivity index (χ1n) is 9.47. The van der Waals surface area contributed by atoms with E-state index in [1.54, 1.807) is 36.4 Å². The van der Waals surface area contributed by atoms with Crippen LogP contribution >= 0.6 is 11.3 Å². The number of thiophene rings is 1. The second kappa shape index (κ2) is 9.01. The second-order valence-electron chi connectivity index (χ2n) is 6.72. The van der Waals surface area contributed by atoms with Crippen molar-refractivity contribution in [2.45, 2.75) is 25.5 Å². The SMILES string of the molecule is O=C(Cn1nnn(-c2cccs2)c1=O)Nc1ccccc1C(=O)NCC1CCCO1. The Kier molecular flexibility index (Phi) is 6.00. The summed E-state index contributed by atoms with van der Waals surface area (Å²) in [4.78, 5) is 37.4. The molecule has 3 aromatic rings. The summed E-state index contributed by atoms with van der Waals surface area (Å²) < 4.78 is 7.61. The van der Waals surface area contributed by atoms with Gasteiger partial charge in [-0.05, 0) is 52.9 Å². The van der Waals surface area contributed by atoms with Gasteiger partial charge in [0, 0.05) is 13.2 Å². The Morgan fingerprint density at radius 2 is 2.07 bits per heavy atom. The summed E-state index contributed by atoms with van der Waals surface area (Å²) in [5.41, 5.74) is 0.166. The normalized spacial score (nSPS) is 15.8. The molecule has 0 aliphatic carbocycles. The average molecular weight is 428 g/mol. The smallest absolute Gasteiger partial charge is 0.369 e. The zero-order valence-electron chi connectivity index (χ0n) is 16.0. The van der Waals surface area contributed by atoms with Gasteiger partial charge in [-0.25, -0.2) is 4.79 Å². The summed E-state index contributed by atoms with van der Waals surface area (Å²) in [5, 5.41) is 15.5. The van der Waals surface area contributed by atoms with Gasteiger partial charge in [0.25, 0.3) is 5.91 Å². The van der Waals surface area contributed by atoms with Crippen LogP contribution in [-0.4, -0.2) is 50.9 Å². The van der Waals surface area contributed by atoms with Crippen LogP contribution in [-0.2, 0) is 16.1 Å². The van der Waals surface area contributed by atoms with E-state index >= 15 is 0 Å². The van der Waals surface area contributed by atoms with Gasteiger partial charge in [0.2, 0.25) is 5.91 Å². The molecule has 1 saturated heterocycles. The van der Waals surface area contributed by atoms with E-state index in [2.05, 4.69) is 21.1 Å². The fraction of sp³-hybridized carbons (Fsp3) is 0.316. The lowest BCUT2D eigenvalue weighted by molar-refractivity contribution is -0.117. The molecule has 156 valence electrons. The van der Waals surface area contributed by atoms with Crippen molar-refractivity contribution in [3.8, 4) is 5.00 Å². The van der Waals surface area contributed by atoms with Crippen molar-refractivity contribution in [1.29, 1.82) is 0 Å². The standard InChI is InChI=1S/C19H20N6O4S/c26-16(12-24-19(28)25(23-22-24)17-8-4-10-30-17)21-15-7-2-1-6-14(15)18(27)20-11-13-5-3-9-29-13/h1-2,4,6-8,10,13H,3,5,9,11-12H2,(H,20,27)(H,21,26). The van der Waals surface area contributed by atoms with Crippen molar-refractivity contribution in [3.63, 3.8) is 0 Å². The van der Waals surface area contributed by atoms with E-state index in [0.29, 0.717) is 29.4 Å². The number of rotatable bonds is 7. The zero-order chi connectivity index (χ0) is 20.9. The molecular weight excluding hydrogens is 408 g/mol. The van der Waals surface area contributed by atoms with Crippen molar-refractivity contribution < 1.29 is 14.3 Å². The number of amides is 2. The number of para-hydroxylation sites is 1. The number of benzene rings is 1. The predicted molar refractivity (Wildman–Crippen MR) is 110 cm³/mol. The van der Waals surface area contributed by atoms with Gasteiger partial charge >= 0.3 is 5.69 Å². The van der Waals surface area contributed by atoms with E-state index in [1.165, 1.54) is 11.3 Å². The molecule has 1 aromatic carbocycles. The van der Waals surface area contributed by atoms with Gasteiger partial charge in [-0.3, -0.25) is 9.59 Å². The molecule has 1 aliphatic rings. The lowest BCUT2D eigenvalue weighted by Crippen LogP contribution is -2.33. The molecule has 0 spiro atoms. The number of aromatic nitrogens is 4. The molecule has 0 saturated carbocycles. The Morgan fingerprint density at radius 1 is 1.20 bits per heavy atom. The lowest BCUT2D eigenvalue weighted by atomic mass is 10.1. The maximum absolute atomic E-state index is 12.6. The zero-order valence-corrected chi connectivity index (χ0v) is 16.8. The molecule has 2 aromatic heterocycles. The Bertz CT molecular complexity index is 1080. The van der Waals surface area contributed by atoms with Crippen LogP contribution in [0.4, 0.5) is 5.69 Å². The highest BCUT2D eigenvalue weighted by molar-refractivity contribution is 7.12. The maximum Gasteiger partial charge on any atom is 0.369 e. The number of hydrogen-bond donors (Lipinski definition) is 2. The molecule has 11 heteroatoms. The Balaban J connectivity index is 1.41. The molecule has 1 atom stereocenters. The summed E-state index contributed by atoms with van der Waals surface area (Å²) in [6.45, 7) is 0.808. The molecular formula is C19H20N6O4S. The molecule has 1 unspecified atom stereocenters. The fourth-order valence-electron chi connectivity index (χ4n) is 3.13. The first-order valence-corrected chi connectivity index (χ1v) is 10.3. The van der Waals surface area contributed by atoms with Gasteiger partial charge < -0.3 is 15.4 Å². The number of hydrogen-bond acceptors (Lipinski definition) is 7. The van der Waals surface area contributed by atoms with Crippen molar-refractivity contribution in [3.05, 3.63) is 57.8 Å². The Hall–Kier alpha value is -3.31. The highest BCUT2D eigenvalue weighted by Crippen LogP contribution is 2.16. The predicted octanol–water partition coefficient (Wildman–Crippen LogP) is 1.04. The molecule has 30 heavy (non-hydrogen) atoms. The second-order valence-corrected chi connectivity index (χ2v) is 7.65. The van der Waals surface area contributed by atoms with Gasteiger partial charge in [0.1, 0.15) is 11.5 Å². The highest BCUT2D eigenvalue weighted by atomic mass is 32.1. The van der Waals surface area contributed by atoms with Gasteiger partial charge in [0.05, 0.1) is 17.4 Å². The fourth-order valence-corrected chi connectivity index (χ4v) is 3.79. The number of ether oxygens (including phenoxy) is 1. The van der Waals surface area contributed by atoms with Gasteiger partial charge in [-0.15, -0.1) is 11.3 Å². The molecule has 1 fully saturated rings. The lowest BCUT2D eigenvalue weighted by Gasteiger charge is -2.13. The van der Waals surface area contributed by atoms with Crippen molar-refractivity contribution >= 4 is 28.8 Å². The monoisotopic (exact) mass is 428 g/mol. The summed E-state index contributed by atoms with van der Waals surface area (Å²) in [6.07, 6.45) is 1.93. The van der Waals surface area contributed by atoms with E-state index in [1.807, 2.05) is 5.38 Å². The number of carbonyl (C=O) groups is 2. The first kappa shape index (κ1) is 20.0. The first-order chi connectivity index (χ1) is 14.6. The number of carbonyl (C=O) groups excluding carboxylic acids is 2. The number of anilines is 1. The summed E-state index contributed by atoms with van der Waals surface area (Å²) in [5.74, 6) is -0.795. The highest BCUT2D eigenvalue weighted by Gasteiger charge is 2.19. The minimum Gasteiger partial charge on any atom is -0.376 e. The van der Waals surface area contributed by atoms with Crippen LogP contribution in [0.3, 0.4) is 0 Å². The largest absolute Gasteiger partial charge is 0.376 e. The Morgan fingerprint density at radius 3 is 2.83 bits per heavy atom.